The molecule has 0 aliphatic heterocycles. The number of aryl methyl sites for hydroxylation is 1. The van der Waals surface area contributed by atoms with E-state index < -0.39 is 0 Å². The second-order valence-electron chi connectivity index (χ2n) is 4.93. The van der Waals surface area contributed by atoms with Gasteiger partial charge in [0.2, 0.25) is 0 Å². The number of hydrazine groups is 1. The van der Waals surface area contributed by atoms with E-state index in [-0.39, 0.29) is 6.04 Å². The van der Waals surface area contributed by atoms with Gasteiger partial charge < -0.3 is 0 Å². The summed E-state index contributed by atoms with van der Waals surface area (Å²) in [4.78, 5) is 1.24. The van der Waals surface area contributed by atoms with Crippen molar-refractivity contribution in [3.05, 3.63) is 63.6 Å². The molecule has 0 bridgehead atoms. The lowest BCUT2D eigenvalue weighted by molar-refractivity contribution is 0.575. The first kappa shape index (κ1) is 16.7. The SMILES string of the molecule is Cc1cccc(SCC(Cc2cc(Cl)ccc2Cl)NN)c1. The van der Waals surface area contributed by atoms with Crippen LogP contribution in [0.15, 0.2) is 47.4 Å². The molecule has 1 unspecified atom stereocenters. The first-order valence-electron chi connectivity index (χ1n) is 6.68. The third kappa shape index (κ3) is 5.20. The lowest BCUT2D eigenvalue weighted by Crippen LogP contribution is -2.38. The minimum Gasteiger partial charge on any atom is -0.271 e. The van der Waals surface area contributed by atoms with E-state index in [9.17, 15) is 0 Å². The summed E-state index contributed by atoms with van der Waals surface area (Å²) >= 11 is 14.0. The van der Waals surface area contributed by atoms with E-state index in [2.05, 4.69) is 36.6 Å². The minimum absolute atomic E-state index is 0.131. The van der Waals surface area contributed by atoms with Crippen LogP contribution in [-0.4, -0.2) is 11.8 Å². The largest absolute Gasteiger partial charge is 0.271 e. The number of hydrogen-bond donors (Lipinski definition) is 2. The smallest absolute Gasteiger partial charge is 0.0439 e. The molecule has 5 heteroatoms. The first-order valence-corrected chi connectivity index (χ1v) is 8.42. The number of rotatable bonds is 6. The van der Waals surface area contributed by atoms with Crippen LogP contribution in [0, 0.1) is 6.92 Å². The molecular formula is C16H18Cl2N2S. The predicted octanol–water partition coefficient (Wildman–Crippen LogP) is 4.47. The molecule has 2 nitrogen and oxygen atoms in total. The van der Waals surface area contributed by atoms with Gasteiger partial charge >= 0.3 is 0 Å². The zero-order chi connectivity index (χ0) is 15.2. The van der Waals surface area contributed by atoms with Crippen molar-refractivity contribution in [2.24, 2.45) is 5.84 Å². The molecule has 0 radical (unpaired) electrons. The monoisotopic (exact) mass is 340 g/mol. The topological polar surface area (TPSA) is 38.0 Å². The fourth-order valence-electron chi connectivity index (χ4n) is 2.03. The van der Waals surface area contributed by atoms with Gasteiger partial charge in [-0.25, -0.2) is 0 Å². The Morgan fingerprint density at radius 1 is 1.19 bits per heavy atom. The zero-order valence-electron chi connectivity index (χ0n) is 11.8. The molecule has 2 aromatic carbocycles. The second kappa shape index (κ2) is 8.06. The molecule has 2 rings (SSSR count). The number of halogens is 2. The van der Waals surface area contributed by atoms with Crippen molar-refractivity contribution in [1.82, 2.24) is 5.43 Å². The number of benzene rings is 2. The van der Waals surface area contributed by atoms with Crippen molar-refractivity contribution in [2.75, 3.05) is 5.75 Å². The highest BCUT2D eigenvalue weighted by Crippen LogP contribution is 2.24. The lowest BCUT2D eigenvalue weighted by Gasteiger charge is -2.16. The van der Waals surface area contributed by atoms with Crippen molar-refractivity contribution < 1.29 is 0 Å². The molecule has 3 N–H and O–H groups in total. The van der Waals surface area contributed by atoms with Crippen molar-refractivity contribution in [3.8, 4) is 0 Å². The van der Waals surface area contributed by atoms with Crippen molar-refractivity contribution in [1.29, 1.82) is 0 Å². The molecule has 2 aromatic rings. The van der Waals surface area contributed by atoms with Gasteiger partial charge in [0, 0.05) is 26.7 Å². The van der Waals surface area contributed by atoms with Crippen LogP contribution in [0.3, 0.4) is 0 Å². The molecule has 0 spiro atoms. The molecular weight excluding hydrogens is 323 g/mol. The maximum absolute atomic E-state index is 6.20. The Labute approximate surface area is 140 Å². The number of hydrogen-bond acceptors (Lipinski definition) is 3. The van der Waals surface area contributed by atoms with Crippen LogP contribution in [0.4, 0.5) is 0 Å². The Kier molecular flexibility index (Phi) is 6.40. The van der Waals surface area contributed by atoms with E-state index in [4.69, 9.17) is 29.0 Å². The van der Waals surface area contributed by atoms with Gasteiger partial charge in [0.1, 0.15) is 0 Å². The summed E-state index contributed by atoms with van der Waals surface area (Å²) in [5.74, 6) is 6.53. The van der Waals surface area contributed by atoms with E-state index in [0.717, 1.165) is 22.8 Å². The number of nitrogens with two attached hydrogens (primary N) is 1. The summed E-state index contributed by atoms with van der Waals surface area (Å²) in [5.41, 5.74) is 5.13. The Morgan fingerprint density at radius 3 is 2.71 bits per heavy atom. The molecule has 0 saturated carbocycles. The summed E-state index contributed by atoms with van der Waals surface area (Å²) in [6.45, 7) is 2.09. The Balaban J connectivity index is 1.98. The second-order valence-corrected chi connectivity index (χ2v) is 6.87. The third-order valence-electron chi connectivity index (χ3n) is 3.15. The van der Waals surface area contributed by atoms with Crippen LogP contribution < -0.4 is 11.3 Å². The summed E-state index contributed by atoms with van der Waals surface area (Å²) < 4.78 is 0. The van der Waals surface area contributed by atoms with Gasteiger partial charge in [-0.2, -0.15) is 0 Å². The molecule has 0 heterocycles. The highest BCUT2D eigenvalue weighted by Gasteiger charge is 2.11. The predicted molar refractivity (Wildman–Crippen MR) is 93.2 cm³/mol. The summed E-state index contributed by atoms with van der Waals surface area (Å²) in [6.07, 6.45) is 0.745. The van der Waals surface area contributed by atoms with Gasteiger partial charge in [0.15, 0.2) is 0 Å². The van der Waals surface area contributed by atoms with Crippen LogP contribution in [0.5, 0.6) is 0 Å². The normalized spacial score (nSPS) is 12.4. The average Bonchev–Trinajstić information content (AvgIpc) is 2.47. The fourth-order valence-corrected chi connectivity index (χ4v) is 3.47. The fraction of sp³-hybridized carbons (Fsp3) is 0.250. The van der Waals surface area contributed by atoms with Crippen molar-refractivity contribution in [3.63, 3.8) is 0 Å². The van der Waals surface area contributed by atoms with Crippen LogP contribution >= 0.6 is 35.0 Å². The van der Waals surface area contributed by atoms with Gasteiger partial charge in [-0.1, -0.05) is 40.9 Å². The highest BCUT2D eigenvalue weighted by atomic mass is 35.5. The molecule has 0 amide bonds. The van der Waals surface area contributed by atoms with Gasteiger partial charge in [0.05, 0.1) is 0 Å². The van der Waals surface area contributed by atoms with Gasteiger partial charge in [-0.05, 0) is 49.2 Å². The van der Waals surface area contributed by atoms with Crippen LogP contribution in [0.25, 0.3) is 0 Å². The van der Waals surface area contributed by atoms with Crippen LogP contribution in [0.1, 0.15) is 11.1 Å². The van der Waals surface area contributed by atoms with Crippen LogP contribution in [0.2, 0.25) is 10.0 Å². The molecule has 112 valence electrons. The van der Waals surface area contributed by atoms with E-state index >= 15 is 0 Å². The maximum atomic E-state index is 6.20. The van der Waals surface area contributed by atoms with E-state index in [1.807, 2.05) is 12.1 Å². The number of thioether (sulfide) groups is 1. The molecule has 0 aromatic heterocycles. The standard InChI is InChI=1S/C16H18Cl2N2S/c1-11-3-2-4-15(7-11)21-10-14(20-19)9-12-8-13(17)5-6-16(12)18/h2-8,14,20H,9-10,19H2,1H3. The summed E-state index contributed by atoms with van der Waals surface area (Å²) in [5, 5.41) is 1.41. The Hall–Kier alpha value is -0.710. The zero-order valence-corrected chi connectivity index (χ0v) is 14.1. The Bertz CT molecular complexity index is 605. The van der Waals surface area contributed by atoms with Crippen LogP contribution in [-0.2, 0) is 6.42 Å². The molecule has 0 saturated heterocycles. The third-order valence-corrected chi connectivity index (χ3v) is 4.91. The molecule has 0 aliphatic carbocycles. The number of nitrogens with one attached hydrogen (secondary N) is 1. The summed E-state index contributed by atoms with van der Waals surface area (Å²) in [6, 6.07) is 14.1. The lowest BCUT2D eigenvalue weighted by atomic mass is 10.1. The van der Waals surface area contributed by atoms with E-state index in [1.54, 1.807) is 17.8 Å². The molecule has 0 aliphatic rings. The molecule has 21 heavy (non-hydrogen) atoms. The van der Waals surface area contributed by atoms with Crippen molar-refractivity contribution in [2.45, 2.75) is 24.3 Å². The van der Waals surface area contributed by atoms with Gasteiger partial charge in [0.25, 0.3) is 0 Å². The quantitative estimate of drug-likeness (QED) is 0.463. The maximum Gasteiger partial charge on any atom is 0.0439 e. The van der Waals surface area contributed by atoms with E-state index in [1.165, 1.54) is 10.5 Å². The van der Waals surface area contributed by atoms with E-state index in [0.29, 0.717) is 5.02 Å². The molecule has 1 atom stereocenters. The minimum atomic E-state index is 0.131. The first-order chi connectivity index (χ1) is 10.1. The van der Waals surface area contributed by atoms with Gasteiger partial charge in [-0.15, -0.1) is 11.8 Å². The van der Waals surface area contributed by atoms with Crippen molar-refractivity contribution >= 4 is 35.0 Å². The van der Waals surface area contributed by atoms with Gasteiger partial charge in [-0.3, -0.25) is 11.3 Å². The average molecular weight is 341 g/mol. The highest BCUT2D eigenvalue weighted by molar-refractivity contribution is 7.99. The molecule has 0 fully saturated rings. The summed E-state index contributed by atoms with van der Waals surface area (Å²) in [7, 11) is 0. The Morgan fingerprint density at radius 2 is 2.00 bits per heavy atom.